The quantitative estimate of drug-likeness (QED) is 0.846. The van der Waals surface area contributed by atoms with Crippen LogP contribution in [0.5, 0.6) is 0 Å². The molecule has 2 rings (SSSR count). The number of hydrogen-bond acceptors (Lipinski definition) is 4. The number of furan rings is 1. The second kappa shape index (κ2) is 6.44. The van der Waals surface area contributed by atoms with Crippen molar-refractivity contribution in [3.63, 3.8) is 0 Å². The first-order chi connectivity index (χ1) is 9.83. The van der Waals surface area contributed by atoms with E-state index in [4.69, 9.17) is 4.42 Å². The van der Waals surface area contributed by atoms with Crippen LogP contribution in [0.3, 0.4) is 0 Å². The minimum absolute atomic E-state index is 0.135. The van der Waals surface area contributed by atoms with Gasteiger partial charge in [-0.1, -0.05) is 0 Å². The SMILES string of the molecule is Cc1ccc(/C=C/C(=O)N2CCC[C@H](NS(C)(=O)=O)C2)o1. The minimum Gasteiger partial charge on any atom is -0.462 e. The van der Waals surface area contributed by atoms with Crippen molar-refractivity contribution in [3.8, 4) is 0 Å². The summed E-state index contributed by atoms with van der Waals surface area (Å²) in [4.78, 5) is 13.8. The molecule has 1 aromatic rings. The van der Waals surface area contributed by atoms with E-state index < -0.39 is 10.0 Å². The molecule has 0 radical (unpaired) electrons. The Morgan fingerprint density at radius 3 is 2.86 bits per heavy atom. The molecule has 0 spiro atoms. The van der Waals surface area contributed by atoms with Crippen LogP contribution in [0.25, 0.3) is 6.08 Å². The van der Waals surface area contributed by atoms with Gasteiger partial charge in [0.1, 0.15) is 11.5 Å². The molecule has 0 aromatic carbocycles. The Balaban J connectivity index is 1.94. The third-order valence-corrected chi connectivity index (χ3v) is 4.03. The molecule has 1 fully saturated rings. The van der Waals surface area contributed by atoms with Crippen molar-refractivity contribution in [2.75, 3.05) is 19.3 Å². The van der Waals surface area contributed by atoms with Crippen molar-refractivity contribution in [2.24, 2.45) is 0 Å². The van der Waals surface area contributed by atoms with Gasteiger partial charge in [0.05, 0.1) is 6.26 Å². The lowest BCUT2D eigenvalue weighted by molar-refractivity contribution is -0.127. The van der Waals surface area contributed by atoms with Crippen LogP contribution in [0, 0.1) is 6.92 Å². The summed E-state index contributed by atoms with van der Waals surface area (Å²) in [5, 5.41) is 0. The van der Waals surface area contributed by atoms with Gasteiger partial charge in [0.25, 0.3) is 0 Å². The van der Waals surface area contributed by atoms with Crippen LogP contribution in [-0.2, 0) is 14.8 Å². The smallest absolute Gasteiger partial charge is 0.246 e. The van der Waals surface area contributed by atoms with Crippen LogP contribution >= 0.6 is 0 Å². The molecule has 1 aliphatic heterocycles. The zero-order valence-corrected chi connectivity index (χ0v) is 13.0. The first-order valence-corrected chi connectivity index (χ1v) is 8.73. The van der Waals surface area contributed by atoms with Crippen LogP contribution in [0.1, 0.15) is 24.4 Å². The summed E-state index contributed by atoms with van der Waals surface area (Å²) in [6, 6.07) is 3.41. The number of nitrogens with zero attached hydrogens (tertiary/aromatic N) is 1. The van der Waals surface area contributed by atoms with Gasteiger partial charge in [-0.3, -0.25) is 4.79 Å². The van der Waals surface area contributed by atoms with Gasteiger partial charge in [0.2, 0.25) is 15.9 Å². The first kappa shape index (κ1) is 15.8. The number of carbonyl (C=O) groups is 1. The summed E-state index contributed by atoms with van der Waals surface area (Å²) < 4.78 is 30.4. The van der Waals surface area contributed by atoms with Crippen molar-refractivity contribution in [1.29, 1.82) is 0 Å². The molecule has 1 aliphatic rings. The normalized spacial score (nSPS) is 20.1. The van der Waals surface area contributed by atoms with Gasteiger partial charge in [-0.25, -0.2) is 13.1 Å². The molecule has 0 aliphatic carbocycles. The summed E-state index contributed by atoms with van der Waals surface area (Å²) in [6.07, 6.45) is 5.75. The highest BCUT2D eigenvalue weighted by Gasteiger charge is 2.24. The van der Waals surface area contributed by atoms with Crippen molar-refractivity contribution in [1.82, 2.24) is 9.62 Å². The standard InChI is InChI=1S/C14H20N2O4S/c1-11-5-6-13(20-11)7-8-14(17)16-9-3-4-12(10-16)15-21(2,18)19/h5-8,12,15H,3-4,9-10H2,1-2H3/b8-7+/t12-/m0/s1. The first-order valence-electron chi connectivity index (χ1n) is 6.84. The molecule has 1 saturated heterocycles. The van der Waals surface area contributed by atoms with Gasteiger partial charge in [-0.2, -0.15) is 0 Å². The van der Waals surface area contributed by atoms with Crippen molar-refractivity contribution in [2.45, 2.75) is 25.8 Å². The molecule has 1 atom stereocenters. The highest BCUT2D eigenvalue weighted by atomic mass is 32.2. The number of likely N-dealkylation sites (tertiary alicyclic amines) is 1. The Morgan fingerprint density at radius 1 is 1.48 bits per heavy atom. The van der Waals surface area contributed by atoms with Gasteiger partial charge in [-0.15, -0.1) is 0 Å². The number of hydrogen-bond donors (Lipinski definition) is 1. The minimum atomic E-state index is -3.25. The van der Waals surface area contributed by atoms with Gasteiger partial charge in [0, 0.05) is 25.2 Å². The molecule has 7 heteroatoms. The molecule has 2 heterocycles. The summed E-state index contributed by atoms with van der Waals surface area (Å²) >= 11 is 0. The van der Waals surface area contributed by atoms with E-state index in [1.165, 1.54) is 6.08 Å². The zero-order valence-electron chi connectivity index (χ0n) is 12.2. The second-order valence-corrected chi connectivity index (χ2v) is 7.08. The van der Waals surface area contributed by atoms with E-state index >= 15 is 0 Å². The summed E-state index contributed by atoms with van der Waals surface area (Å²) in [6.45, 7) is 2.88. The van der Waals surface area contributed by atoms with E-state index in [0.29, 0.717) is 18.8 Å². The van der Waals surface area contributed by atoms with E-state index in [-0.39, 0.29) is 11.9 Å². The molecule has 21 heavy (non-hydrogen) atoms. The molecule has 0 bridgehead atoms. The van der Waals surface area contributed by atoms with Crippen LogP contribution in [0.15, 0.2) is 22.6 Å². The molecule has 1 amide bonds. The van der Waals surface area contributed by atoms with E-state index in [9.17, 15) is 13.2 Å². The largest absolute Gasteiger partial charge is 0.462 e. The topological polar surface area (TPSA) is 79.6 Å². The number of sulfonamides is 1. The van der Waals surface area contributed by atoms with Crippen LogP contribution in [-0.4, -0.2) is 44.6 Å². The fourth-order valence-corrected chi connectivity index (χ4v) is 3.18. The number of amides is 1. The highest BCUT2D eigenvalue weighted by molar-refractivity contribution is 7.88. The van der Waals surface area contributed by atoms with Gasteiger partial charge in [-0.05, 0) is 38.0 Å². The number of rotatable bonds is 4. The maximum Gasteiger partial charge on any atom is 0.246 e. The van der Waals surface area contributed by atoms with Crippen LogP contribution in [0.2, 0.25) is 0 Å². The van der Waals surface area contributed by atoms with Crippen LogP contribution in [0.4, 0.5) is 0 Å². The Labute approximate surface area is 124 Å². The molecule has 6 nitrogen and oxygen atoms in total. The van der Waals surface area contributed by atoms with Crippen LogP contribution < -0.4 is 4.72 Å². The predicted octanol–water partition coefficient (Wildman–Crippen LogP) is 1.14. The monoisotopic (exact) mass is 312 g/mol. The summed E-state index contributed by atoms with van der Waals surface area (Å²) in [5.74, 6) is 1.28. The fraction of sp³-hybridized carbons (Fsp3) is 0.500. The Hall–Kier alpha value is -1.60. The lowest BCUT2D eigenvalue weighted by Gasteiger charge is -2.32. The van der Waals surface area contributed by atoms with E-state index in [2.05, 4.69) is 4.72 Å². The van der Waals surface area contributed by atoms with Crippen molar-refractivity contribution < 1.29 is 17.6 Å². The summed E-state index contributed by atoms with van der Waals surface area (Å²) in [5.41, 5.74) is 0. The molecule has 0 unspecified atom stereocenters. The van der Waals surface area contributed by atoms with Gasteiger partial charge >= 0.3 is 0 Å². The average Bonchev–Trinajstić information content (AvgIpc) is 2.80. The Bertz CT molecular complexity index is 633. The number of nitrogens with one attached hydrogen (secondary N) is 1. The van der Waals surface area contributed by atoms with E-state index in [0.717, 1.165) is 24.9 Å². The van der Waals surface area contributed by atoms with Crippen molar-refractivity contribution >= 4 is 22.0 Å². The van der Waals surface area contributed by atoms with Gasteiger partial charge in [0.15, 0.2) is 0 Å². The number of carbonyl (C=O) groups excluding carboxylic acids is 1. The molecular weight excluding hydrogens is 292 g/mol. The lowest BCUT2D eigenvalue weighted by Crippen LogP contribution is -2.48. The number of piperidine rings is 1. The highest BCUT2D eigenvalue weighted by Crippen LogP contribution is 2.13. The van der Waals surface area contributed by atoms with E-state index in [1.807, 2.05) is 13.0 Å². The molecule has 0 saturated carbocycles. The second-order valence-electron chi connectivity index (χ2n) is 5.30. The summed E-state index contributed by atoms with van der Waals surface area (Å²) in [7, 11) is -3.25. The third-order valence-electron chi connectivity index (χ3n) is 3.27. The molecule has 1 aromatic heterocycles. The third kappa shape index (κ3) is 5.02. The van der Waals surface area contributed by atoms with Crippen molar-refractivity contribution in [3.05, 3.63) is 29.7 Å². The average molecular weight is 312 g/mol. The fourth-order valence-electron chi connectivity index (χ4n) is 2.38. The molecule has 1 N–H and O–H groups in total. The van der Waals surface area contributed by atoms with Gasteiger partial charge < -0.3 is 9.32 Å². The number of aryl methyl sites for hydroxylation is 1. The maximum absolute atomic E-state index is 12.1. The Kier molecular flexibility index (Phi) is 4.84. The molecular formula is C14H20N2O4S. The lowest BCUT2D eigenvalue weighted by atomic mass is 10.1. The maximum atomic E-state index is 12.1. The predicted molar refractivity (Wildman–Crippen MR) is 80.1 cm³/mol. The Morgan fingerprint density at radius 2 is 2.24 bits per heavy atom. The van der Waals surface area contributed by atoms with E-state index in [1.54, 1.807) is 17.0 Å². The zero-order chi connectivity index (χ0) is 15.5. The molecule has 116 valence electrons.